The van der Waals surface area contributed by atoms with Crippen molar-refractivity contribution in [1.82, 2.24) is 9.88 Å². The molecular formula is C17H22FN3S. The molecule has 3 rings (SSSR count). The maximum Gasteiger partial charge on any atom is 0.180 e. The standard InChI is InChI=1S/C17H22FN3S/c18-14-5-3-4-13(10-14)8-9-21(15-6-1-2-7-15)12-16-11-20-17(19)22-16/h3-5,10-11,15H,1-2,6-9,12H2,(H2,19,20). The van der Waals surface area contributed by atoms with Crippen LogP contribution in [0.2, 0.25) is 0 Å². The predicted molar refractivity (Wildman–Crippen MR) is 89.3 cm³/mol. The Bertz CT molecular complexity index is 607. The van der Waals surface area contributed by atoms with Gasteiger partial charge in [-0.3, -0.25) is 4.90 Å². The Kier molecular flexibility index (Phi) is 5.05. The molecule has 1 aromatic carbocycles. The molecule has 1 heterocycles. The summed E-state index contributed by atoms with van der Waals surface area (Å²) in [5.74, 6) is -0.153. The van der Waals surface area contributed by atoms with E-state index in [1.165, 1.54) is 36.6 Å². The highest BCUT2D eigenvalue weighted by Crippen LogP contribution is 2.27. The first-order chi connectivity index (χ1) is 10.7. The van der Waals surface area contributed by atoms with Gasteiger partial charge in [-0.1, -0.05) is 25.0 Å². The van der Waals surface area contributed by atoms with Crippen LogP contribution in [0.25, 0.3) is 0 Å². The Morgan fingerprint density at radius 1 is 1.32 bits per heavy atom. The highest BCUT2D eigenvalue weighted by atomic mass is 32.1. The van der Waals surface area contributed by atoms with Gasteiger partial charge in [0.05, 0.1) is 0 Å². The van der Waals surface area contributed by atoms with Crippen molar-refractivity contribution in [2.24, 2.45) is 0 Å². The summed E-state index contributed by atoms with van der Waals surface area (Å²) in [6.45, 7) is 1.85. The fourth-order valence-corrected chi connectivity index (χ4v) is 3.93. The summed E-state index contributed by atoms with van der Waals surface area (Å²) >= 11 is 1.56. The minimum absolute atomic E-state index is 0.153. The summed E-state index contributed by atoms with van der Waals surface area (Å²) in [5.41, 5.74) is 6.80. The number of nitrogens with zero attached hydrogens (tertiary/aromatic N) is 2. The number of thiazole rings is 1. The van der Waals surface area contributed by atoms with E-state index in [2.05, 4.69) is 9.88 Å². The Balaban J connectivity index is 1.65. The molecule has 2 aromatic rings. The number of hydrogen-bond donors (Lipinski definition) is 1. The smallest absolute Gasteiger partial charge is 0.180 e. The maximum atomic E-state index is 13.3. The van der Waals surface area contributed by atoms with Crippen LogP contribution in [-0.4, -0.2) is 22.5 Å². The molecule has 0 spiro atoms. The van der Waals surface area contributed by atoms with Gasteiger partial charge in [0.15, 0.2) is 5.13 Å². The highest BCUT2D eigenvalue weighted by Gasteiger charge is 2.23. The van der Waals surface area contributed by atoms with Gasteiger partial charge in [0.2, 0.25) is 0 Å². The van der Waals surface area contributed by atoms with Crippen LogP contribution in [-0.2, 0) is 13.0 Å². The normalized spacial score (nSPS) is 15.7. The zero-order chi connectivity index (χ0) is 15.4. The van der Waals surface area contributed by atoms with E-state index < -0.39 is 0 Å². The van der Waals surface area contributed by atoms with Crippen molar-refractivity contribution in [2.75, 3.05) is 12.3 Å². The fourth-order valence-electron chi connectivity index (χ4n) is 3.22. The Morgan fingerprint density at radius 2 is 2.14 bits per heavy atom. The van der Waals surface area contributed by atoms with E-state index in [9.17, 15) is 4.39 Å². The van der Waals surface area contributed by atoms with Gasteiger partial charge in [0.1, 0.15) is 5.82 Å². The second-order valence-corrected chi connectivity index (χ2v) is 7.10. The van der Waals surface area contributed by atoms with Crippen molar-refractivity contribution < 1.29 is 4.39 Å². The average Bonchev–Trinajstić information content (AvgIpc) is 3.15. The Hall–Kier alpha value is -1.46. The summed E-state index contributed by atoms with van der Waals surface area (Å²) in [7, 11) is 0. The van der Waals surface area contributed by atoms with E-state index in [1.54, 1.807) is 23.5 Å². The molecule has 1 saturated carbocycles. The van der Waals surface area contributed by atoms with Crippen molar-refractivity contribution in [3.05, 3.63) is 46.7 Å². The second-order valence-electron chi connectivity index (χ2n) is 5.95. The number of hydrogen-bond acceptors (Lipinski definition) is 4. The van der Waals surface area contributed by atoms with Gasteiger partial charge in [-0.05, 0) is 37.0 Å². The van der Waals surface area contributed by atoms with Crippen LogP contribution in [0.5, 0.6) is 0 Å². The van der Waals surface area contributed by atoms with Crippen LogP contribution in [0, 0.1) is 5.82 Å². The third-order valence-corrected chi connectivity index (χ3v) is 5.16. The largest absolute Gasteiger partial charge is 0.375 e. The molecule has 1 aromatic heterocycles. The summed E-state index contributed by atoms with van der Waals surface area (Å²) in [6.07, 6.45) is 7.90. The van der Waals surface area contributed by atoms with Crippen LogP contribution in [0.4, 0.5) is 9.52 Å². The molecule has 0 bridgehead atoms. The van der Waals surface area contributed by atoms with Crippen molar-refractivity contribution in [2.45, 2.75) is 44.7 Å². The molecule has 5 heteroatoms. The van der Waals surface area contributed by atoms with Crippen molar-refractivity contribution in [3.8, 4) is 0 Å². The number of aromatic nitrogens is 1. The number of nitrogen functional groups attached to an aromatic ring is 1. The van der Waals surface area contributed by atoms with Gasteiger partial charge in [0.25, 0.3) is 0 Å². The van der Waals surface area contributed by atoms with E-state index in [1.807, 2.05) is 12.3 Å². The molecule has 0 atom stereocenters. The summed E-state index contributed by atoms with van der Waals surface area (Å²) < 4.78 is 13.3. The zero-order valence-corrected chi connectivity index (χ0v) is 13.5. The molecule has 2 N–H and O–H groups in total. The van der Waals surface area contributed by atoms with Crippen LogP contribution < -0.4 is 5.73 Å². The number of nitrogens with two attached hydrogens (primary N) is 1. The number of halogens is 1. The molecule has 1 aliphatic carbocycles. The van der Waals surface area contributed by atoms with Gasteiger partial charge >= 0.3 is 0 Å². The average molecular weight is 319 g/mol. The maximum absolute atomic E-state index is 13.3. The summed E-state index contributed by atoms with van der Waals surface area (Å²) in [6, 6.07) is 7.56. The molecule has 1 fully saturated rings. The lowest BCUT2D eigenvalue weighted by molar-refractivity contribution is 0.193. The minimum Gasteiger partial charge on any atom is -0.375 e. The molecule has 0 saturated heterocycles. The third kappa shape index (κ3) is 4.05. The molecule has 0 aliphatic heterocycles. The number of benzene rings is 1. The fraction of sp³-hybridized carbons (Fsp3) is 0.471. The molecule has 0 amide bonds. The quantitative estimate of drug-likeness (QED) is 0.879. The number of anilines is 1. The molecule has 118 valence electrons. The monoisotopic (exact) mass is 319 g/mol. The lowest BCUT2D eigenvalue weighted by Gasteiger charge is -2.28. The van der Waals surface area contributed by atoms with Crippen LogP contribution in [0.15, 0.2) is 30.5 Å². The molecule has 3 nitrogen and oxygen atoms in total. The van der Waals surface area contributed by atoms with E-state index in [4.69, 9.17) is 5.73 Å². The second kappa shape index (κ2) is 7.20. The van der Waals surface area contributed by atoms with E-state index in [0.717, 1.165) is 25.1 Å². The summed E-state index contributed by atoms with van der Waals surface area (Å²) in [4.78, 5) is 7.88. The predicted octanol–water partition coefficient (Wildman–Crippen LogP) is 3.85. The van der Waals surface area contributed by atoms with Crippen molar-refractivity contribution >= 4 is 16.5 Å². The first kappa shape index (κ1) is 15.4. The molecular weight excluding hydrogens is 297 g/mol. The van der Waals surface area contributed by atoms with E-state index >= 15 is 0 Å². The third-order valence-electron chi connectivity index (χ3n) is 4.35. The van der Waals surface area contributed by atoms with Gasteiger partial charge in [-0.25, -0.2) is 9.37 Å². The Morgan fingerprint density at radius 3 is 2.82 bits per heavy atom. The molecule has 0 unspecified atom stereocenters. The van der Waals surface area contributed by atoms with Gasteiger partial charge in [0, 0.05) is 30.2 Å². The van der Waals surface area contributed by atoms with Crippen LogP contribution in [0.3, 0.4) is 0 Å². The van der Waals surface area contributed by atoms with E-state index in [0.29, 0.717) is 11.2 Å². The highest BCUT2D eigenvalue weighted by molar-refractivity contribution is 7.15. The first-order valence-corrected chi connectivity index (χ1v) is 8.71. The summed E-state index contributed by atoms with van der Waals surface area (Å²) in [5, 5.41) is 0.631. The van der Waals surface area contributed by atoms with Crippen LogP contribution in [0.1, 0.15) is 36.1 Å². The molecule has 0 radical (unpaired) electrons. The number of rotatable bonds is 6. The van der Waals surface area contributed by atoms with E-state index in [-0.39, 0.29) is 5.82 Å². The van der Waals surface area contributed by atoms with Gasteiger partial charge < -0.3 is 5.73 Å². The lowest BCUT2D eigenvalue weighted by Crippen LogP contribution is -2.34. The molecule has 22 heavy (non-hydrogen) atoms. The zero-order valence-electron chi connectivity index (χ0n) is 12.7. The topological polar surface area (TPSA) is 42.1 Å². The molecule has 1 aliphatic rings. The van der Waals surface area contributed by atoms with Crippen molar-refractivity contribution in [1.29, 1.82) is 0 Å². The Labute approximate surface area is 135 Å². The minimum atomic E-state index is -0.153. The first-order valence-electron chi connectivity index (χ1n) is 7.89. The van der Waals surface area contributed by atoms with Gasteiger partial charge in [-0.2, -0.15) is 0 Å². The SMILES string of the molecule is Nc1ncc(CN(CCc2cccc(F)c2)C2CCCC2)s1. The van der Waals surface area contributed by atoms with Gasteiger partial charge in [-0.15, -0.1) is 11.3 Å². The van der Waals surface area contributed by atoms with Crippen LogP contribution >= 0.6 is 11.3 Å². The lowest BCUT2D eigenvalue weighted by atomic mass is 10.1. The van der Waals surface area contributed by atoms with Crippen molar-refractivity contribution in [3.63, 3.8) is 0 Å².